The summed E-state index contributed by atoms with van der Waals surface area (Å²) in [5.41, 5.74) is 5.11. The van der Waals surface area contributed by atoms with Crippen LogP contribution in [-0.2, 0) is 0 Å². The van der Waals surface area contributed by atoms with E-state index in [9.17, 15) is 23.9 Å². The van der Waals surface area contributed by atoms with Gasteiger partial charge in [-0.15, -0.1) is 0 Å². The highest BCUT2D eigenvalue weighted by Crippen LogP contribution is 2.38. The number of piperazine rings is 1. The fourth-order valence-electron chi connectivity index (χ4n) is 3.58. The molecule has 0 bridgehead atoms. The van der Waals surface area contributed by atoms with Crippen LogP contribution in [0.5, 0.6) is 0 Å². The molecular formula is C18H19FN4O4. The molecule has 2 amide bonds. The number of hydrogen-bond acceptors (Lipinski definition) is 4. The molecule has 0 atom stereocenters. The van der Waals surface area contributed by atoms with E-state index in [0.29, 0.717) is 37.4 Å². The molecule has 8 nitrogen and oxygen atoms in total. The van der Waals surface area contributed by atoms with Gasteiger partial charge < -0.3 is 25.2 Å². The Morgan fingerprint density at radius 1 is 1.15 bits per heavy atom. The monoisotopic (exact) mass is 374 g/mol. The molecule has 0 radical (unpaired) electrons. The van der Waals surface area contributed by atoms with Crippen LogP contribution in [0.3, 0.4) is 0 Å². The van der Waals surface area contributed by atoms with Crippen molar-refractivity contribution in [2.75, 3.05) is 31.1 Å². The van der Waals surface area contributed by atoms with Crippen molar-refractivity contribution in [2.45, 2.75) is 18.9 Å². The lowest BCUT2D eigenvalue weighted by molar-refractivity contribution is 0.0694. The molecule has 1 aliphatic heterocycles. The van der Waals surface area contributed by atoms with Gasteiger partial charge in [-0.05, 0) is 25.0 Å². The van der Waals surface area contributed by atoms with E-state index < -0.39 is 23.2 Å². The van der Waals surface area contributed by atoms with Gasteiger partial charge >= 0.3 is 12.0 Å². The topological polar surface area (TPSA) is 109 Å². The number of halogens is 1. The Kier molecular flexibility index (Phi) is 4.01. The fraction of sp³-hybridized carbons (Fsp3) is 0.389. The molecule has 4 rings (SSSR count). The summed E-state index contributed by atoms with van der Waals surface area (Å²) in [4.78, 5) is 38.4. The second kappa shape index (κ2) is 6.26. The summed E-state index contributed by atoms with van der Waals surface area (Å²) in [6.07, 6.45) is 3.14. The molecule has 1 aliphatic carbocycles. The average molecular weight is 374 g/mol. The van der Waals surface area contributed by atoms with Crippen LogP contribution in [0.15, 0.2) is 23.1 Å². The van der Waals surface area contributed by atoms with E-state index in [2.05, 4.69) is 0 Å². The first-order valence-corrected chi connectivity index (χ1v) is 8.78. The Morgan fingerprint density at radius 3 is 2.37 bits per heavy atom. The van der Waals surface area contributed by atoms with Crippen LogP contribution in [0.2, 0.25) is 0 Å². The van der Waals surface area contributed by atoms with Crippen molar-refractivity contribution in [2.24, 2.45) is 5.73 Å². The lowest BCUT2D eigenvalue weighted by Crippen LogP contribution is -2.50. The number of aromatic carboxylic acids is 1. The molecule has 3 N–H and O–H groups in total. The maximum absolute atomic E-state index is 14.8. The summed E-state index contributed by atoms with van der Waals surface area (Å²) in [5, 5.41) is 9.36. The molecular weight excluding hydrogens is 355 g/mol. The van der Waals surface area contributed by atoms with Gasteiger partial charge in [-0.25, -0.2) is 14.0 Å². The van der Waals surface area contributed by atoms with E-state index in [-0.39, 0.29) is 17.0 Å². The molecule has 27 heavy (non-hydrogen) atoms. The summed E-state index contributed by atoms with van der Waals surface area (Å²) < 4.78 is 16.5. The first-order chi connectivity index (χ1) is 12.9. The average Bonchev–Trinajstić information content (AvgIpc) is 3.47. The van der Waals surface area contributed by atoms with Crippen molar-refractivity contribution in [3.8, 4) is 0 Å². The number of benzene rings is 1. The van der Waals surface area contributed by atoms with Crippen molar-refractivity contribution in [1.82, 2.24) is 9.47 Å². The third-order valence-corrected chi connectivity index (χ3v) is 5.20. The van der Waals surface area contributed by atoms with Crippen molar-refractivity contribution in [3.63, 3.8) is 0 Å². The molecule has 1 saturated heterocycles. The van der Waals surface area contributed by atoms with Crippen LogP contribution in [0, 0.1) is 5.82 Å². The standard InChI is InChI=1S/C18H19FN4O4/c19-13-7-11-14(8-15(13)21-3-5-22(6-4-21)18(20)27)23(10-1-2-10)9-12(16(11)24)17(25)26/h7-10H,1-6H2,(H2,20,27)(H,25,26). The van der Waals surface area contributed by atoms with Gasteiger partial charge in [-0.2, -0.15) is 0 Å². The second-order valence-electron chi connectivity index (χ2n) is 6.95. The van der Waals surface area contributed by atoms with Crippen LogP contribution >= 0.6 is 0 Å². The van der Waals surface area contributed by atoms with Crippen molar-refractivity contribution in [3.05, 3.63) is 39.9 Å². The smallest absolute Gasteiger partial charge is 0.341 e. The van der Waals surface area contributed by atoms with Gasteiger partial charge in [0.15, 0.2) is 0 Å². The Balaban J connectivity index is 1.80. The van der Waals surface area contributed by atoms with Gasteiger partial charge in [-0.3, -0.25) is 4.79 Å². The van der Waals surface area contributed by atoms with Crippen molar-refractivity contribution < 1.29 is 19.1 Å². The van der Waals surface area contributed by atoms with Crippen molar-refractivity contribution in [1.29, 1.82) is 0 Å². The number of amides is 2. The van der Waals surface area contributed by atoms with E-state index in [4.69, 9.17) is 5.73 Å². The summed E-state index contributed by atoms with van der Waals surface area (Å²) >= 11 is 0. The molecule has 0 unspecified atom stereocenters. The fourth-order valence-corrected chi connectivity index (χ4v) is 3.58. The Hall–Kier alpha value is -3.10. The highest BCUT2D eigenvalue weighted by molar-refractivity contribution is 5.93. The predicted octanol–water partition coefficient (Wildman–Crippen LogP) is 1.37. The molecule has 142 valence electrons. The SMILES string of the molecule is NC(=O)N1CCN(c2cc3c(cc2F)c(=O)c(C(=O)O)cn3C2CC2)CC1. The minimum Gasteiger partial charge on any atom is -0.477 e. The van der Waals surface area contributed by atoms with Gasteiger partial charge in [0.1, 0.15) is 11.4 Å². The van der Waals surface area contributed by atoms with Crippen LogP contribution < -0.4 is 16.1 Å². The summed E-state index contributed by atoms with van der Waals surface area (Å²) in [5.74, 6) is -1.90. The number of nitrogens with two attached hydrogens (primary N) is 1. The molecule has 2 fully saturated rings. The molecule has 1 aromatic carbocycles. The van der Waals surface area contributed by atoms with Crippen LogP contribution in [0.4, 0.5) is 14.9 Å². The van der Waals surface area contributed by atoms with Crippen LogP contribution in [-0.4, -0.2) is 52.8 Å². The van der Waals surface area contributed by atoms with Crippen molar-refractivity contribution >= 4 is 28.6 Å². The maximum Gasteiger partial charge on any atom is 0.341 e. The number of hydrogen-bond donors (Lipinski definition) is 2. The number of rotatable bonds is 3. The molecule has 2 aromatic rings. The molecule has 2 aliphatic rings. The normalized spacial score (nSPS) is 17.4. The van der Waals surface area contributed by atoms with Gasteiger partial charge in [0.25, 0.3) is 0 Å². The molecule has 0 spiro atoms. The number of carboxylic acids is 1. The number of urea groups is 1. The van der Waals surface area contributed by atoms with E-state index >= 15 is 0 Å². The third-order valence-electron chi connectivity index (χ3n) is 5.20. The molecule has 1 saturated carbocycles. The summed E-state index contributed by atoms with van der Waals surface area (Å²) in [6.45, 7) is 1.62. The second-order valence-corrected chi connectivity index (χ2v) is 6.95. The van der Waals surface area contributed by atoms with Gasteiger partial charge in [0.05, 0.1) is 11.2 Å². The zero-order valence-electron chi connectivity index (χ0n) is 14.5. The highest BCUT2D eigenvalue weighted by Gasteiger charge is 2.28. The Bertz CT molecular complexity index is 1010. The third kappa shape index (κ3) is 2.98. The minimum atomic E-state index is -1.32. The summed E-state index contributed by atoms with van der Waals surface area (Å²) in [6, 6.07) is 2.35. The van der Waals surface area contributed by atoms with E-state index in [1.54, 1.807) is 15.5 Å². The van der Waals surface area contributed by atoms with Crippen LogP contribution in [0.1, 0.15) is 29.2 Å². The summed E-state index contributed by atoms with van der Waals surface area (Å²) in [7, 11) is 0. The zero-order chi connectivity index (χ0) is 19.3. The first-order valence-electron chi connectivity index (χ1n) is 8.78. The first kappa shape index (κ1) is 17.3. The number of aromatic nitrogens is 1. The van der Waals surface area contributed by atoms with E-state index in [1.807, 2.05) is 0 Å². The number of primary amides is 1. The maximum atomic E-state index is 14.8. The highest BCUT2D eigenvalue weighted by atomic mass is 19.1. The number of carbonyl (C=O) groups excluding carboxylic acids is 1. The quantitative estimate of drug-likeness (QED) is 0.844. The number of anilines is 1. The van der Waals surface area contributed by atoms with Gasteiger partial charge in [-0.1, -0.05) is 0 Å². The lowest BCUT2D eigenvalue weighted by Gasteiger charge is -2.35. The predicted molar refractivity (Wildman–Crippen MR) is 96.8 cm³/mol. The number of fused-ring (bicyclic) bond motifs is 1. The minimum absolute atomic E-state index is 0.0684. The molecule has 2 heterocycles. The number of pyridine rings is 1. The largest absolute Gasteiger partial charge is 0.477 e. The number of carboxylic acid groups (broad SMARTS) is 1. The molecule has 1 aromatic heterocycles. The van der Waals surface area contributed by atoms with E-state index in [1.165, 1.54) is 11.1 Å². The number of carbonyl (C=O) groups is 2. The Morgan fingerprint density at radius 2 is 1.81 bits per heavy atom. The van der Waals surface area contributed by atoms with Crippen LogP contribution in [0.25, 0.3) is 10.9 Å². The van der Waals surface area contributed by atoms with E-state index in [0.717, 1.165) is 18.9 Å². The van der Waals surface area contributed by atoms with Gasteiger partial charge in [0, 0.05) is 43.8 Å². The Labute approximate surface area is 153 Å². The van der Waals surface area contributed by atoms with Gasteiger partial charge in [0.2, 0.25) is 5.43 Å². The lowest BCUT2D eigenvalue weighted by atomic mass is 10.1. The zero-order valence-corrected chi connectivity index (χ0v) is 14.5. The number of nitrogens with zero attached hydrogens (tertiary/aromatic N) is 3. The molecule has 9 heteroatoms.